The Balaban J connectivity index is 0.00000242. The fraction of sp³-hybridized carbons (Fsp3) is 0.400. The third-order valence-electron chi connectivity index (χ3n) is 4.42. The van der Waals surface area contributed by atoms with E-state index in [0.29, 0.717) is 10.8 Å². The van der Waals surface area contributed by atoms with Gasteiger partial charge in [0.15, 0.2) is 0 Å². The summed E-state index contributed by atoms with van der Waals surface area (Å²) in [4.78, 5) is 2.77. The maximum absolute atomic E-state index is 2.40. The molecule has 2 aromatic rings. The van der Waals surface area contributed by atoms with Crippen molar-refractivity contribution < 1.29 is 0 Å². The zero-order valence-electron chi connectivity index (χ0n) is 14.3. The molecule has 0 heterocycles. The molecule has 0 aliphatic rings. The Kier molecular flexibility index (Phi) is 6.98. The average molecular weight is 352 g/mol. The second kappa shape index (κ2) is 8.05. The number of hydrogen-bond donors (Lipinski definition) is 0. The van der Waals surface area contributed by atoms with Crippen molar-refractivity contribution in [3.63, 3.8) is 0 Å². The summed E-state index contributed by atoms with van der Waals surface area (Å²) in [5.41, 5.74) is 3.63. The Bertz CT molecular complexity index is 495. The normalized spacial score (nSPS) is 11.6. The molecule has 2 aromatic carbocycles. The molecule has 0 spiro atoms. The predicted molar refractivity (Wildman–Crippen MR) is 99.6 cm³/mol. The van der Waals surface area contributed by atoms with E-state index in [9.17, 15) is 0 Å². The summed E-state index contributed by atoms with van der Waals surface area (Å²) in [6, 6.07) is 22.0. The molecule has 0 fully saturated rings. The number of benzene rings is 2. The molecular weight excluding hydrogens is 324 g/mol. The molecular formula is C20H28GaN-. The van der Waals surface area contributed by atoms with Crippen LogP contribution in [0.15, 0.2) is 60.7 Å². The summed E-state index contributed by atoms with van der Waals surface area (Å²) in [5, 5.41) is 0. The van der Waals surface area contributed by atoms with E-state index >= 15 is 0 Å². The van der Waals surface area contributed by atoms with Crippen LogP contribution >= 0.6 is 0 Å². The standard InChI is InChI=1S/2C10H13.Ga.H2N/c2*1-10(2,3)9-7-5-4-6-8-9;;/h2*4-8H,1H2,2-3H3;;1H2/q;;;-1. The van der Waals surface area contributed by atoms with Crippen LogP contribution in [0.25, 0.3) is 6.15 Å². The van der Waals surface area contributed by atoms with Gasteiger partial charge in [-0.2, -0.15) is 0 Å². The largest absolute Gasteiger partial charge is 0.693 e. The summed E-state index contributed by atoms with van der Waals surface area (Å²) in [5.74, 6) is 0. The van der Waals surface area contributed by atoms with Crippen LogP contribution in [0.5, 0.6) is 0 Å². The van der Waals surface area contributed by atoms with Crippen molar-refractivity contribution in [2.75, 3.05) is 0 Å². The van der Waals surface area contributed by atoms with Crippen molar-refractivity contribution in [3.8, 4) is 0 Å². The van der Waals surface area contributed by atoms with Crippen molar-refractivity contribution in [3.05, 3.63) is 77.9 Å². The molecule has 22 heavy (non-hydrogen) atoms. The molecule has 0 bridgehead atoms. The van der Waals surface area contributed by atoms with E-state index in [1.807, 2.05) is 0 Å². The molecule has 2 heteroatoms. The van der Waals surface area contributed by atoms with Crippen LogP contribution < -0.4 is 0 Å². The van der Waals surface area contributed by atoms with Gasteiger partial charge in [-0.25, -0.2) is 0 Å². The first-order chi connectivity index (χ1) is 9.92. The van der Waals surface area contributed by atoms with Gasteiger partial charge in [0, 0.05) is 0 Å². The number of hydrogen-bond acceptors (Lipinski definition) is 0. The summed E-state index contributed by atoms with van der Waals surface area (Å²) in [7, 11) is 0. The first-order valence-electron chi connectivity index (χ1n) is 7.84. The molecule has 1 nitrogen and oxygen atoms in total. The van der Waals surface area contributed by atoms with Crippen molar-refractivity contribution >= 4 is 17.4 Å². The zero-order valence-corrected chi connectivity index (χ0v) is 16.8. The van der Waals surface area contributed by atoms with Gasteiger partial charge in [-0.05, 0) is 0 Å². The van der Waals surface area contributed by atoms with E-state index in [1.165, 1.54) is 21.1 Å². The predicted octanol–water partition coefficient (Wildman–Crippen LogP) is 6.20. The van der Waals surface area contributed by atoms with Gasteiger partial charge in [0.2, 0.25) is 0 Å². The first kappa shape index (κ1) is 19.1. The van der Waals surface area contributed by atoms with Crippen molar-refractivity contribution in [1.29, 1.82) is 0 Å². The summed E-state index contributed by atoms with van der Waals surface area (Å²) < 4.78 is 0. The van der Waals surface area contributed by atoms with Crippen LogP contribution in [-0.2, 0) is 10.8 Å². The van der Waals surface area contributed by atoms with Crippen molar-refractivity contribution in [1.82, 2.24) is 0 Å². The quantitative estimate of drug-likeness (QED) is 0.555. The molecule has 2 N–H and O–H groups in total. The van der Waals surface area contributed by atoms with Crippen LogP contribution in [0.3, 0.4) is 0 Å². The minimum atomic E-state index is -0.252. The molecule has 2 rings (SSSR count). The van der Waals surface area contributed by atoms with E-state index in [4.69, 9.17) is 0 Å². The topological polar surface area (TPSA) is 33.5 Å². The second-order valence-electron chi connectivity index (χ2n) is 7.20. The van der Waals surface area contributed by atoms with Crippen LogP contribution in [-0.4, -0.2) is 17.4 Å². The molecule has 0 saturated carbocycles. The molecule has 0 saturated heterocycles. The Morgan fingerprint density at radius 1 is 0.636 bits per heavy atom. The van der Waals surface area contributed by atoms with E-state index < -0.39 is 0 Å². The van der Waals surface area contributed by atoms with Crippen molar-refractivity contribution in [2.45, 2.75) is 48.5 Å². The first-order valence-corrected chi connectivity index (χ1v) is 11.3. The molecule has 1 radical (unpaired) electrons. The fourth-order valence-corrected chi connectivity index (χ4v) is 7.13. The summed E-state index contributed by atoms with van der Waals surface area (Å²) in [6.45, 7) is 9.59. The molecule has 0 aliphatic carbocycles. The average Bonchev–Trinajstić information content (AvgIpc) is 2.49. The van der Waals surface area contributed by atoms with E-state index in [-0.39, 0.29) is 23.6 Å². The van der Waals surface area contributed by atoms with Crippen LogP contribution in [0.2, 0.25) is 9.95 Å². The van der Waals surface area contributed by atoms with Gasteiger partial charge >= 0.3 is 138 Å². The Hall–Kier alpha value is -0.964. The minimum absolute atomic E-state index is 0. The molecule has 0 aliphatic heterocycles. The van der Waals surface area contributed by atoms with Crippen LogP contribution in [0.4, 0.5) is 0 Å². The fourth-order valence-electron chi connectivity index (χ4n) is 2.81. The third kappa shape index (κ3) is 5.04. The van der Waals surface area contributed by atoms with Crippen LogP contribution in [0.1, 0.15) is 38.8 Å². The smallest absolute Gasteiger partial charge is 0.693 e. The molecule has 0 amide bonds. The van der Waals surface area contributed by atoms with Gasteiger partial charge in [-0.1, -0.05) is 0 Å². The molecule has 0 unspecified atom stereocenters. The minimum Gasteiger partial charge on any atom is -0.693 e. The van der Waals surface area contributed by atoms with Crippen LogP contribution in [0, 0.1) is 0 Å². The Labute approximate surface area is 143 Å². The summed E-state index contributed by atoms with van der Waals surface area (Å²) >= 11 is -0.252. The van der Waals surface area contributed by atoms with Gasteiger partial charge in [0.1, 0.15) is 0 Å². The monoisotopic (exact) mass is 351 g/mol. The van der Waals surface area contributed by atoms with Gasteiger partial charge < -0.3 is 6.15 Å². The third-order valence-corrected chi connectivity index (χ3v) is 9.91. The SMILES string of the molecule is CC(C)([CH2][Ga][CH2]C(C)(C)c1ccccc1)c1ccccc1.[NH2-]. The maximum atomic E-state index is 2.40. The Morgan fingerprint density at radius 2 is 0.955 bits per heavy atom. The van der Waals surface area contributed by atoms with Crippen molar-refractivity contribution in [2.24, 2.45) is 0 Å². The molecule has 0 aromatic heterocycles. The molecule has 117 valence electrons. The maximum Gasteiger partial charge on any atom is -0.693 e. The van der Waals surface area contributed by atoms with Gasteiger partial charge in [0.05, 0.1) is 0 Å². The summed E-state index contributed by atoms with van der Waals surface area (Å²) in [6.07, 6.45) is 0. The van der Waals surface area contributed by atoms with Gasteiger partial charge in [-0.15, -0.1) is 0 Å². The van der Waals surface area contributed by atoms with E-state index in [0.717, 1.165) is 0 Å². The second-order valence-corrected chi connectivity index (χ2v) is 10.1. The molecule has 0 atom stereocenters. The number of nitrogens with two attached hydrogens (primary N) is 1. The van der Waals surface area contributed by atoms with E-state index in [2.05, 4.69) is 88.4 Å². The zero-order chi connectivity index (χ0) is 15.3. The number of rotatable bonds is 6. The van der Waals surface area contributed by atoms with E-state index in [1.54, 1.807) is 0 Å². The Morgan fingerprint density at radius 3 is 1.27 bits per heavy atom. The van der Waals surface area contributed by atoms with Gasteiger partial charge in [0.25, 0.3) is 0 Å². The van der Waals surface area contributed by atoms with Gasteiger partial charge in [-0.3, -0.25) is 0 Å².